The number of benzene rings is 1. The van der Waals surface area contributed by atoms with Crippen molar-refractivity contribution in [3.8, 4) is 5.75 Å². The SMILES string of the molecule is Cc1ccc(NC(=O)c2nnn(C3CCNCC3)c2C)cc1OCCC(C)C.Cl. The van der Waals surface area contributed by atoms with Crippen molar-refractivity contribution in [1.82, 2.24) is 20.3 Å². The Bertz CT molecular complexity index is 815. The van der Waals surface area contributed by atoms with Crippen LogP contribution in [0.15, 0.2) is 18.2 Å². The van der Waals surface area contributed by atoms with Gasteiger partial charge in [0, 0.05) is 11.8 Å². The van der Waals surface area contributed by atoms with Crippen LogP contribution in [0.1, 0.15) is 60.9 Å². The summed E-state index contributed by atoms with van der Waals surface area (Å²) >= 11 is 0. The molecule has 1 fully saturated rings. The second-order valence-corrected chi connectivity index (χ2v) is 7.91. The Balaban J connectivity index is 0.00000300. The maximum absolute atomic E-state index is 12.8. The standard InChI is InChI=1S/C21H31N5O2.ClH/c1-14(2)9-12-28-19-13-17(6-5-15(19)3)23-21(27)20-16(4)26(25-24-20)18-7-10-22-11-8-18;/h5-6,13-14,18,22H,7-12H2,1-4H3,(H,23,27);1H. The molecule has 2 N–H and O–H groups in total. The van der Waals surface area contributed by atoms with E-state index in [2.05, 4.69) is 34.8 Å². The molecule has 1 aliphatic rings. The number of aryl methyl sites for hydroxylation is 1. The summed E-state index contributed by atoms with van der Waals surface area (Å²) in [6.45, 7) is 10.9. The van der Waals surface area contributed by atoms with E-state index in [4.69, 9.17) is 4.74 Å². The van der Waals surface area contributed by atoms with E-state index in [9.17, 15) is 4.79 Å². The number of carbonyl (C=O) groups excluding carboxylic acids is 1. The molecule has 0 unspecified atom stereocenters. The molecule has 1 aliphatic heterocycles. The molecule has 1 saturated heterocycles. The van der Waals surface area contributed by atoms with Crippen molar-refractivity contribution >= 4 is 24.0 Å². The predicted molar refractivity (Wildman–Crippen MR) is 117 cm³/mol. The minimum atomic E-state index is -0.241. The van der Waals surface area contributed by atoms with Gasteiger partial charge in [-0.1, -0.05) is 25.1 Å². The van der Waals surface area contributed by atoms with Gasteiger partial charge in [0.2, 0.25) is 0 Å². The highest BCUT2D eigenvalue weighted by atomic mass is 35.5. The van der Waals surface area contributed by atoms with Crippen LogP contribution in [0.3, 0.4) is 0 Å². The fourth-order valence-electron chi connectivity index (χ4n) is 3.38. The first-order valence-electron chi connectivity index (χ1n) is 10.1. The first-order chi connectivity index (χ1) is 13.5. The van der Waals surface area contributed by atoms with Gasteiger partial charge >= 0.3 is 0 Å². The molecule has 0 radical (unpaired) electrons. The molecule has 2 heterocycles. The van der Waals surface area contributed by atoms with E-state index >= 15 is 0 Å². The molecule has 0 bridgehead atoms. The van der Waals surface area contributed by atoms with Crippen molar-refractivity contribution < 1.29 is 9.53 Å². The fourth-order valence-corrected chi connectivity index (χ4v) is 3.38. The van der Waals surface area contributed by atoms with Crippen molar-refractivity contribution in [2.45, 2.75) is 53.0 Å². The van der Waals surface area contributed by atoms with E-state index in [1.54, 1.807) is 0 Å². The summed E-state index contributed by atoms with van der Waals surface area (Å²) in [5, 5.41) is 14.7. The average Bonchev–Trinajstić information content (AvgIpc) is 3.06. The monoisotopic (exact) mass is 421 g/mol. The molecule has 0 atom stereocenters. The van der Waals surface area contributed by atoms with Gasteiger partial charge in [0.15, 0.2) is 5.69 Å². The van der Waals surface area contributed by atoms with Crippen molar-refractivity contribution in [3.63, 3.8) is 0 Å². The molecule has 0 aliphatic carbocycles. The molecule has 29 heavy (non-hydrogen) atoms. The minimum Gasteiger partial charge on any atom is -0.493 e. The summed E-state index contributed by atoms with van der Waals surface area (Å²) in [4.78, 5) is 12.8. The number of anilines is 1. The lowest BCUT2D eigenvalue weighted by Crippen LogP contribution is -2.30. The van der Waals surface area contributed by atoms with Gasteiger partial charge in [0.25, 0.3) is 5.91 Å². The Labute approximate surface area is 179 Å². The highest BCUT2D eigenvalue weighted by Crippen LogP contribution is 2.24. The molecule has 0 spiro atoms. The molecule has 0 saturated carbocycles. The summed E-state index contributed by atoms with van der Waals surface area (Å²) in [5.41, 5.74) is 2.94. The number of nitrogens with one attached hydrogen (secondary N) is 2. The number of amides is 1. The third-order valence-electron chi connectivity index (χ3n) is 5.20. The molecule has 160 valence electrons. The second kappa shape index (κ2) is 10.6. The Morgan fingerprint density at radius 3 is 2.72 bits per heavy atom. The summed E-state index contributed by atoms with van der Waals surface area (Å²) < 4.78 is 7.79. The fraction of sp³-hybridized carbons (Fsp3) is 0.571. The summed E-state index contributed by atoms with van der Waals surface area (Å²) in [5.74, 6) is 1.15. The van der Waals surface area contributed by atoms with Gasteiger partial charge in [-0.15, -0.1) is 17.5 Å². The molecule has 1 aromatic carbocycles. The number of rotatable bonds is 7. The van der Waals surface area contributed by atoms with Gasteiger partial charge in [-0.05, 0) is 63.7 Å². The predicted octanol–water partition coefficient (Wildman–Crippen LogP) is 3.92. The van der Waals surface area contributed by atoms with Crippen molar-refractivity contribution in [1.29, 1.82) is 0 Å². The van der Waals surface area contributed by atoms with Crippen LogP contribution in [0.25, 0.3) is 0 Å². The topological polar surface area (TPSA) is 81.1 Å². The summed E-state index contributed by atoms with van der Waals surface area (Å²) in [6, 6.07) is 6.02. The highest BCUT2D eigenvalue weighted by molar-refractivity contribution is 6.03. The van der Waals surface area contributed by atoms with Crippen molar-refractivity contribution in [2.75, 3.05) is 25.0 Å². The van der Waals surface area contributed by atoms with Crippen molar-refractivity contribution in [3.05, 3.63) is 35.2 Å². The molecule has 8 heteroatoms. The number of halogens is 1. The Morgan fingerprint density at radius 1 is 1.31 bits per heavy atom. The third-order valence-corrected chi connectivity index (χ3v) is 5.20. The minimum absolute atomic E-state index is 0. The van der Waals surface area contributed by atoms with E-state index in [-0.39, 0.29) is 18.3 Å². The summed E-state index contributed by atoms with van der Waals surface area (Å²) in [7, 11) is 0. The zero-order valence-electron chi connectivity index (χ0n) is 17.7. The van der Waals surface area contributed by atoms with Crippen LogP contribution >= 0.6 is 12.4 Å². The van der Waals surface area contributed by atoms with Gasteiger partial charge in [-0.25, -0.2) is 4.68 Å². The van der Waals surface area contributed by atoms with E-state index in [1.165, 1.54) is 0 Å². The lowest BCUT2D eigenvalue weighted by atomic mass is 10.1. The maximum Gasteiger partial charge on any atom is 0.278 e. The smallest absolute Gasteiger partial charge is 0.278 e. The van der Waals surface area contributed by atoms with Crippen LogP contribution in [0, 0.1) is 19.8 Å². The number of aromatic nitrogens is 3. The molecular weight excluding hydrogens is 390 g/mol. The molecule has 1 amide bonds. The zero-order valence-corrected chi connectivity index (χ0v) is 18.5. The first-order valence-corrected chi connectivity index (χ1v) is 10.1. The third kappa shape index (κ3) is 5.93. The van der Waals surface area contributed by atoms with Gasteiger partial charge in [0.1, 0.15) is 5.75 Å². The lowest BCUT2D eigenvalue weighted by molar-refractivity contribution is 0.102. The summed E-state index contributed by atoms with van der Waals surface area (Å²) in [6.07, 6.45) is 3.00. The molecule has 7 nitrogen and oxygen atoms in total. The van der Waals surface area contributed by atoms with E-state index < -0.39 is 0 Å². The van der Waals surface area contributed by atoms with Gasteiger partial charge in [-0.3, -0.25) is 4.79 Å². The van der Waals surface area contributed by atoms with Crippen LogP contribution in [0.4, 0.5) is 5.69 Å². The number of ether oxygens (including phenoxy) is 1. The number of carbonyl (C=O) groups is 1. The highest BCUT2D eigenvalue weighted by Gasteiger charge is 2.23. The Kier molecular flexibility index (Phi) is 8.46. The quantitative estimate of drug-likeness (QED) is 0.708. The largest absolute Gasteiger partial charge is 0.493 e. The average molecular weight is 422 g/mol. The Morgan fingerprint density at radius 2 is 2.03 bits per heavy atom. The number of hydrogen-bond acceptors (Lipinski definition) is 5. The number of nitrogens with zero attached hydrogens (tertiary/aromatic N) is 3. The zero-order chi connectivity index (χ0) is 20.1. The van der Waals surface area contributed by atoms with E-state index in [0.29, 0.717) is 29.9 Å². The maximum atomic E-state index is 12.8. The van der Waals surface area contributed by atoms with Crippen molar-refractivity contribution in [2.24, 2.45) is 5.92 Å². The Hall–Kier alpha value is -2.12. The van der Waals surface area contributed by atoms with Crippen LogP contribution in [0.2, 0.25) is 0 Å². The van der Waals surface area contributed by atoms with Gasteiger partial charge in [-0.2, -0.15) is 0 Å². The van der Waals surface area contributed by atoms with Gasteiger partial charge in [0.05, 0.1) is 18.3 Å². The van der Waals surface area contributed by atoms with Crippen LogP contribution in [0.5, 0.6) is 5.75 Å². The molecule has 2 aromatic rings. The molecule has 3 rings (SSSR count). The molecule has 1 aromatic heterocycles. The number of hydrogen-bond donors (Lipinski definition) is 2. The normalized spacial score (nSPS) is 14.5. The van der Waals surface area contributed by atoms with Gasteiger partial charge < -0.3 is 15.4 Å². The van der Waals surface area contributed by atoms with E-state index in [1.807, 2.05) is 36.7 Å². The first kappa shape index (κ1) is 23.2. The molecular formula is C21H32ClN5O2. The number of piperidine rings is 1. The van der Waals surface area contributed by atoms with Crippen LogP contribution in [-0.2, 0) is 0 Å². The lowest BCUT2D eigenvalue weighted by Gasteiger charge is -2.23. The van der Waals surface area contributed by atoms with Crippen LogP contribution in [-0.4, -0.2) is 40.6 Å². The second-order valence-electron chi connectivity index (χ2n) is 7.91. The van der Waals surface area contributed by atoms with E-state index in [0.717, 1.165) is 49.4 Å². The van der Waals surface area contributed by atoms with Crippen LogP contribution < -0.4 is 15.4 Å².